The van der Waals surface area contributed by atoms with Crippen LogP contribution in [0.2, 0.25) is 0 Å². The van der Waals surface area contributed by atoms with Crippen molar-refractivity contribution >= 4 is 75.3 Å². The maximum absolute atomic E-state index is 6.57. The summed E-state index contributed by atoms with van der Waals surface area (Å²) in [5.74, 6) is 1.72. The molecule has 0 aliphatic rings. The Labute approximate surface area is 365 Å². The van der Waals surface area contributed by atoms with Crippen LogP contribution in [0.5, 0.6) is 0 Å². The number of furan rings is 1. The van der Waals surface area contributed by atoms with Crippen LogP contribution in [0.4, 0.5) is 0 Å². The molecule has 0 saturated carbocycles. The summed E-state index contributed by atoms with van der Waals surface area (Å²) < 4.78 is 11.4. The van der Waals surface area contributed by atoms with Crippen LogP contribution in [-0.2, 0) is 0 Å². The van der Waals surface area contributed by atoms with E-state index in [2.05, 4.69) is 180 Å². The molecule has 0 N–H and O–H groups in total. The van der Waals surface area contributed by atoms with E-state index in [1.165, 1.54) is 42.0 Å². The van der Waals surface area contributed by atoms with Crippen molar-refractivity contribution in [1.29, 1.82) is 0 Å². The molecule has 13 rings (SSSR count). The SMILES string of the molecule is c1ccc(-c2ccc(-c3nc(-c4ccccc4-c4cc(-n5c6ccccc6c6ccccc65)cc5c4sc4ccccc45)nc(-c4cccc5c4oc4ccccc45)n3)cc2)cc1. The number of fused-ring (bicyclic) bond motifs is 9. The highest BCUT2D eigenvalue weighted by molar-refractivity contribution is 7.26. The van der Waals surface area contributed by atoms with Crippen molar-refractivity contribution in [3.05, 3.63) is 206 Å². The zero-order valence-electron chi connectivity index (χ0n) is 33.7. The third-order valence-electron chi connectivity index (χ3n) is 12.3. The molecule has 13 aromatic rings. The first kappa shape index (κ1) is 35.6. The van der Waals surface area contributed by atoms with E-state index in [1.54, 1.807) is 0 Å². The van der Waals surface area contributed by atoms with E-state index in [9.17, 15) is 0 Å². The number of hydrogen-bond donors (Lipinski definition) is 0. The van der Waals surface area contributed by atoms with Crippen molar-refractivity contribution in [2.45, 2.75) is 0 Å². The van der Waals surface area contributed by atoms with Gasteiger partial charge in [-0.3, -0.25) is 0 Å². The molecule has 0 amide bonds. The van der Waals surface area contributed by atoms with Crippen molar-refractivity contribution in [2.24, 2.45) is 0 Å². The Morgan fingerprint density at radius 3 is 1.70 bits per heavy atom. The first-order valence-electron chi connectivity index (χ1n) is 21.1. The zero-order valence-corrected chi connectivity index (χ0v) is 34.6. The minimum atomic E-state index is 0.549. The maximum atomic E-state index is 6.57. The summed E-state index contributed by atoms with van der Waals surface area (Å²) >= 11 is 1.83. The second-order valence-corrected chi connectivity index (χ2v) is 17.0. The lowest BCUT2D eigenvalue weighted by Crippen LogP contribution is -2.01. The van der Waals surface area contributed by atoms with Crippen LogP contribution >= 0.6 is 11.3 Å². The molecular formula is C57H34N4OS. The van der Waals surface area contributed by atoms with Gasteiger partial charge in [-0.15, -0.1) is 11.3 Å². The van der Waals surface area contributed by atoms with Crippen LogP contribution in [0.3, 0.4) is 0 Å². The number of rotatable bonds is 6. The van der Waals surface area contributed by atoms with Crippen molar-refractivity contribution in [3.63, 3.8) is 0 Å². The third kappa shape index (κ3) is 5.73. The Bertz CT molecular complexity index is 3860. The highest BCUT2D eigenvalue weighted by Gasteiger charge is 2.22. The van der Waals surface area contributed by atoms with E-state index in [-0.39, 0.29) is 0 Å². The van der Waals surface area contributed by atoms with Crippen LogP contribution in [-0.4, -0.2) is 19.5 Å². The average molecular weight is 823 g/mol. The Balaban J connectivity index is 1.06. The minimum absolute atomic E-state index is 0.549. The zero-order chi connectivity index (χ0) is 41.4. The molecule has 4 heterocycles. The second-order valence-electron chi connectivity index (χ2n) is 15.9. The third-order valence-corrected chi connectivity index (χ3v) is 13.5. The van der Waals surface area contributed by atoms with Gasteiger partial charge < -0.3 is 8.98 Å². The van der Waals surface area contributed by atoms with Gasteiger partial charge in [0.15, 0.2) is 17.5 Å². The number of thiophene rings is 1. The van der Waals surface area contributed by atoms with E-state index >= 15 is 0 Å². The maximum Gasteiger partial charge on any atom is 0.167 e. The number of nitrogens with zero attached hydrogens (tertiary/aromatic N) is 4. The average Bonchev–Trinajstić information content (AvgIpc) is 4.04. The Kier molecular flexibility index (Phi) is 8.01. The van der Waals surface area contributed by atoms with E-state index < -0.39 is 0 Å². The molecule has 0 radical (unpaired) electrons. The lowest BCUT2D eigenvalue weighted by molar-refractivity contribution is 0.669. The predicted octanol–water partition coefficient (Wildman–Crippen LogP) is 15.6. The molecule has 9 aromatic carbocycles. The Hall–Kier alpha value is -8.19. The monoisotopic (exact) mass is 822 g/mol. The fourth-order valence-electron chi connectivity index (χ4n) is 9.37. The van der Waals surface area contributed by atoms with Crippen LogP contribution in [0.1, 0.15) is 0 Å². The molecule has 6 heteroatoms. The number of para-hydroxylation sites is 4. The van der Waals surface area contributed by atoms with Gasteiger partial charge in [-0.05, 0) is 59.2 Å². The quantitative estimate of drug-likeness (QED) is 0.168. The van der Waals surface area contributed by atoms with Gasteiger partial charge >= 0.3 is 0 Å². The molecular weight excluding hydrogens is 789 g/mol. The first-order valence-corrected chi connectivity index (χ1v) is 21.9. The van der Waals surface area contributed by atoms with Crippen molar-refractivity contribution in [3.8, 4) is 62.1 Å². The molecule has 4 aromatic heterocycles. The standard InChI is InChI=1S/C57H34N4OS/c1-2-15-35(16-3-1)36-29-31-37(32-30-36)55-58-56(60-57(59-55)46-24-14-23-44-42-20-8-12-27-51(42)62-53(44)46)45-22-5-4-17-39(45)47-33-38(34-48-43-21-9-13-28-52(43)63-54(47)48)61-49-25-10-6-18-40(49)41-19-7-11-26-50(41)61/h1-34H. The van der Waals surface area contributed by atoms with Gasteiger partial charge in [0.2, 0.25) is 0 Å². The normalized spacial score (nSPS) is 11.8. The number of benzene rings is 9. The molecule has 63 heavy (non-hydrogen) atoms. The Morgan fingerprint density at radius 1 is 0.365 bits per heavy atom. The highest BCUT2D eigenvalue weighted by Crippen LogP contribution is 2.45. The summed E-state index contributed by atoms with van der Waals surface area (Å²) in [6.07, 6.45) is 0. The number of aromatic nitrogens is 4. The summed E-state index contributed by atoms with van der Waals surface area (Å²) in [7, 11) is 0. The minimum Gasteiger partial charge on any atom is -0.455 e. The molecule has 0 aliphatic carbocycles. The topological polar surface area (TPSA) is 56.7 Å². The van der Waals surface area contributed by atoms with Gasteiger partial charge in [-0.2, -0.15) is 0 Å². The molecule has 0 saturated heterocycles. The smallest absolute Gasteiger partial charge is 0.167 e. The number of hydrogen-bond acceptors (Lipinski definition) is 5. The largest absolute Gasteiger partial charge is 0.455 e. The lowest BCUT2D eigenvalue weighted by atomic mass is 9.96. The summed E-state index contributed by atoms with van der Waals surface area (Å²) in [5.41, 5.74) is 12.1. The van der Waals surface area contributed by atoms with Crippen LogP contribution in [0.15, 0.2) is 211 Å². The highest BCUT2D eigenvalue weighted by atomic mass is 32.1. The molecule has 0 atom stereocenters. The molecule has 0 unspecified atom stereocenters. The first-order chi connectivity index (χ1) is 31.2. The van der Waals surface area contributed by atoms with Crippen molar-refractivity contribution in [2.75, 3.05) is 0 Å². The van der Waals surface area contributed by atoms with Gasteiger partial charge in [0.05, 0.1) is 16.6 Å². The molecule has 294 valence electrons. The predicted molar refractivity (Wildman–Crippen MR) is 262 cm³/mol. The summed E-state index contributed by atoms with van der Waals surface area (Å²) in [6, 6.07) is 72.7. The lowest BCUT2D eigenvalue weighted by Gasteiger charge is -2.15. The molecule has 0 bridgehead atoms. The van der Waals surface area contributed by atoms with E-state index in [0.717, 1.165) is 66.6 Å². The Morgan fingerprint density at radius 2 is 0.921 bits per heavy atom. The molecule has 5 nitrogen and oxygen atoms in total. The second kappa shape index (κ2) is 14.2. The molecule has 0 aliphatic heterocycles. The van der Waals surface area contributed by atoms with E-state index in [1.807, 2.05) is 41.7 Å². The summed E-state index contributed by atoms with van der Waals surface area (Å²) in [6.45, 7) is 0. The van der Waals surface area contributed by atoms with Gasteiger partial charge in [-0.1, -0.05) is 164 Å². The van der Waals surface area contributed by atoms with Crippen LogP contribution in [0.25, 0.3) is 126 Å². The van der Waals surface area contributed by atoms with Crippen molar-refractivity contribution < 1.29 is 4.42 Å². The van der Waals surface area contributed by atoms with Crippen LogP contribution < -0.4 is 0 Å². The molecule has 0 fully saturated rings. The van der Waals surface area contributed by atoms with Gasteiger partial charge in [-0.25, -0.2) is 15.0 Å². The fourth-order valence-corrected chi connectivity index (χ4v) is 10.6. The van der Waals surface area contributed by atoms with Gasteiger partial charge in [0.1, 0.15) is 11.2 Å². The van der Waals surface area contributed by atoms with Gasteiger partial charge in [0.25, 0.3) is 0 Å². The van der Waals surface area contributed by atoms with Crippen LogP contribution in [0, 0.1) is 0 Å². The van der Waals surface area contributed by atoms with E-state index in [0.29, 0.717) is 17.5 Å². The van der Waals surface area contributed by atoms with E-state index in [4.69, 9.17) is 19.4 Å². The van der Waals surface area contributed by atoms with Gasteiger partial charge in [0, 0.05) is 64.1 Å². The van der Waals surface area contributed by atoms with Crippen molar-refractivity contribution in [1.82, 2.24) is 19.5 Å². The molecule has 0 spiro atoms. The fraction of sp³-hybridized carbons (Fsp3) is 0. The summed E-state index contributed by atoms with van der Waals surface area (Å²) in [4.78, 5) is 15.9. The summed E-state index contributed by atoms with van der Waals surface area (Å²) in [5, 5.41) is 6.99.